The number of aliphatic carboxylic acids is 1. The molecule has 37 heavy (non-hydrogen) atoms. The maximum atomic E-state index is 11.1. The lowest BCUT2D eigenvalue weighted by Crippen LogP contribution is -2.21. The van der Waals surface area contributed by atoms with E-state index in [1.807, 2.05) is 30.3 Å². The Morgan fingerprint density at radius 1 is 1.14 bits per heavy atom. The molecule has 0 amide bonds. The Balaban J connectivity index is 1.47. The molecule has 2 atom stereocenters. The Morgan fingerprint density at radius 3 is 2.73 bits per heavy atom. The third kappa shape index (κ3) is 6.86. The average molecular weight is 518 g/mol. The third-order valence-electron chi connectivity index (χ3n) is 5.68. The van der Waals surface area contributed by atoms with Crippen LogP contribution in [0.15, 0.2) is 66.2 Å². The van der Waals surface area contributed by atoms with E-state index in [1.165, 1.54) is 0 Å². The smallest absolute Gasteiger partial charge is 0.304 e. The predicted molar refractivity (Wildman–Crippen MR) is 143 cm³/mol. The van der Waals surface area contributed by atoms with E-state index in [2.05, 4.69) is 34.3 Å². The number of carboxylic acid groups (broad SMARTS) is 1. The van der Waals surface area contributed by atoms with E-state index in [9.17, 15) is 9.90 Å². The lowest BCUT2D eigenvalue weighted by Gasteiger charge is -2.11. The van der Waals surface area contributed by atoms with Crippen molar-refractivity contribution in [2.24, 2.45) is 0 Å². The normalized spacial score (nSPS) is 12.4. The number of hydrogen-bond donors (Lipinski definition) is 3. The van der Waals surface area contributed by atoms with E-state index >= 15 is 0 Å². The summed E-state index contributed by atoms with van der Waals surface area (Å²) in [4.78, 5) is 15.5. The van der Waals surface area contributed by atoms with Gasteiger partial charge in [-0.05, 0) is 53.3 Å². The van der Waals surface area contributed by atoms with Gasteiger partial charge in [-0.2, -0.15) is 0 Å². The fourth-order valence-corrected chi connectivity index (χ4v) is 4.78. The summed E-state index contributed by atoms with van der Waals surface area (Å²) in [5, 5.41) is 30.9. The Morgan fingerprint density at radius 2 is 2.00 bits per heavy atom. The first-order valence-corrected chi connectivity index (χ1v) is 12.6. The van der Waals surface area contributed by atoms with Crippen LogP contribution in [0.4, 0.5) is 0 Å². The van der Waals surface area contributed by atoms with Gasteiger partial charge in [0.2, 0.25) is 5.88 Å². The SMILES string of the molecule is CC#CC(CC(=O)O)c1ccc(OCc2ccc3scc(-c4cccc(OCC(O)CO)c4)c3c2)nc1. The van der Waals surface area contributed by atoms with Crippen molar-refractivity contribution in [2.75, 3.05) is 13.2 Å². The third-order valence-corrected chi connectivity index (χ3v) is 6.65. The Labute approximate surface area is 219 Å². The van der Waals surface area contributed by atoms with Crippen molar-refractivity contribution in [1.29, 1.82) is 0 Å². The number of pyridine rings is 1. The number of ether oxygens (including phenoxy) is 2. The Bertz CT molecular complexity index is 1420. The molecule has 2 aromatic carbocycles. The van der Waals surface area contributed by atoms with E-state index in [0.717, 1.165) is 32.3 Å². The molecule has 0 bridgehead atoms. The number of aliphatic hydroxyl groups is 2. The van der Waals surface area contributed by atoms with Gasteiger partial charge in [-0.15, -0.1) is 17.3 Å². The zero-order valence-electron chi connectivity index (χ0n) is 20.3. The molecule has 0 radical (unpaired) electrons. The van der Waals surface area contributed by atoms with Gasteiger partial charge in [0.05, 0.1) is 18.9 Å². The number of rotatable bonds is 11. The molecule has 4 rings (SSSR count). The minimum absolute atomic E-state index is 0.0209. The van der Waals surface area contributed by atoms with Crippen LogP contribution in [0.1, 0.15) is 30.4 Å². The van der Waals surface area contributed by atoms with E-state index < -0.39 is 18.0 Å². The Hall–Kier alpha value is -3.90. The number of hydrogen-bond acceptors (Lipinski definition) is 7. The highest BCUT2D eigenvalue weighted by atomic mass is 32.1. The molecule has 8 heteroatoms. The van der Waals surface area contributed by atoms with E-state index in [-0.39, 0.29) is 19.6 Å². The van der Waals surface area contributed by atoms with Gasteiger partial charge in [-0.25, -0.2) is 4.98 Å². The lowest BCUT2D eigenvalue weighted by atomic mass is 9.98. The summed E-state index contributed by atoms with van der Waals surface area (Å²) < 4.78 is 12.6. The van der Waals surface area contributed by atoms with Crippen LogP contribution >= 0.6 is 11.3 Å². The summed E-state index contributed by atoms with van der Waals surface area (Å²) in [5.74, 6) is 5.45. The molecule has 2 heterocycles. The molecular weight excluding hydrogens is 490 g/mol. The first-order valence-electron chi connectivity index (χ1n) is 11.7. The van der Waals surface area contributed by atoms with Gasteiger partial charge >= 0.3 is 5.97 Å². The summed E-state index contributed by atoms with van der Waals surface area (Å²) in [6, 6.07) is 17.4. The maximum absolute atomic E-state index is 11.1. The van der Waals surface area contributed by atoms with Crippen molar-refractivity contribution in [3.05, 3.63) is 77.3 Å². The molecule has 0 saturated heterocycles. The van der Waals surface area contributed by atoms with Gasteiger partial charge in [0.25, 0.3) is 0 Å². The number of fused-ring (bicyclic) bond motifs is 1. The van der Waals surface area contributed by atoms with Crippen LogP contribution in [0.5, 0.6) is 11.6 Å². The van der Waals surface area contributed by atoms with Crippen LogP contribution in [0.2, 0.25) is 0 Å². The average Bonchev–Trinajstić information content (AvgIpc) is 3.34. The van der Waals surface area contributed by atoms with E-state index in [0.29, 0.717) is 18.2 Å². The highest BCUT2D eigenvalue weighted by molar-refractivity contribution is 7.17. The van der Waals surface area contributed by atoms with Gasteiger partial charge in [-0.1, -0.05) is 30.2 Å². The number of nitrogens with zero attached hydrogens (tertiary/aromatic N) is 1. The van der Waals surface area contributed by atoms with Crippen LogP contribution < -0.4 is 9.47 Å². The van der Waals surface area contributed by atoms with Crippen LogP contribution in [-0.4, -0.2) is 45.6 Å². The number of aromatic nitrogens is 1. The zero-order chi connectivity index (χ0) is 26.2. The summed E-state index contributed by atoms with van der Waals surface area (Å²) in [6.45, 7) is 1.68. The van der Waals surface area contributed by atoms with Gasteiger partial charge in [0.1, 0.15) is 25.1 Å². The van der Waals surface area contributed by atoms with Crippen LogP contribution in [0.3, 0.4) is 0 Å². The predicted octanol–water partition coefficient (Wildman–Crippen LogP) is 4.86. The molecule has 0 fully saturated rings. The first kappa shape index (κ1) is 26.2. The molecule has 0 aliphatic heterocycles. The highest BCUT2D eigenvalue weighted by Gasteiger charge is 2.14. The van der Waals surface area contributed by atoms with Crippen molar-refractivity contribution >= 4 is 27.4 Å². The molecule has 0 spiro atoms. The maximum Gasteiger partial charge on any atom is 0.304 e. The number of benzene rings is 2. The number of thiophene rings is 1. The number of carbonyl (C=O) groups is 1. The first-order chi connectivity index (χ1) is 18.0. The van der Waals surface area contributed by atoms with Crippen molar-refractivity contribution in [3.8, 4) is 34.6 Å². The molecule has 3 N–H and O–H groups in total. The minimum atomic E-state index is -0.921. The minimum Gasteiger partial charge on any atom is -0.491 e. The van der Waals surface area contributed by atoms with Gasteiger partial charge in [0, 0.05) is 27.9 Å². The second-order valence-electron chi connectivity index (χ2n) is 8.42. The fourth-order valence-electron chi connectivity index (χ4n) is 3.83. The Kier molecular flexibility index (Phi) is 8.75. The second-order valence-corrected chi connectivity index (χ2v) is 9.33. The standard InChI is InChI=1S/C29H27NO6S/c1-2-4-20(13-29(33)34)22-8-10-28(30-14-22)36-16-19-7-9-27-25(11-19)26(18-37-27)21-5-3-6-24(12-21)35-17-23(32)15-31/h3,5-12,14,18,20,23,31-32H,13,15-17H2,1H3,(H,33,34). The zero-order valence-corrected chi connectivity index (χ0v) is 21.1. The van der Waals surface area contributed by atoms with Crippen molar-refractivity contribution in [1.82, 2.24) is 4.98 Å². The second kappa shape index (κ2) is 12.4. The summed E-state index contributed by atoms with van der Waals surface area (Å²) >= 11 is 1.65. The van der Waals surface area contributed by atoms with Crippen LogP contribution in [0.25, 0.3) is 21.2 Å². The molecule has 190 valence electrons. The van der Waals surface area contributed by atoms with E-state index in [4.69, 9.17) is 19.7 Å². The summed E-state index contributed by atoms with van der Waals surface area (Å²) in [6.07, 6.45) is 0.614. The quantitative estimate of drug-likeness (QED) is 0.244. The van der Waals surface area contributed by atoms with Crippen LogP contribution in [0, 0.1) is 11.8 Å². The van der Waals surface area contributed by atoms with Crippen molar-refractivity contribution in [3.63, 3.8) is 0 Å². The lowest BCUT2D eigenvalue weighted by molar-refractivity contribution is -0.137. The van der Waals surface area contributed by atoms with Crippen molar-refractivity contribution in [2.45, 2.75) is 32.0 Å². The highest BCUT2D eigenvalue weighted by Crippen LogP contribution is 2.36. The van der Waals surface area contributed by atoms with E-state index in [1.54, 1.807) is 36.6 Å². The summed E-state index contributed by atoms with van der Waals surface area (Å²) in [5.41, 5.74) is 3.78. The topological polar surface area (TPSA) is 109 Å². The molecule has 2 aromatic heterocycles. The molecular formula is C29H27NO6S. The largest absolute Gasteiger partial charge is 0.491 e. The fraction of sp³-hybridized carbons (Fsp3) is 0.241. The van der Waals surface area contributed by atoms with Gasteiger partial charge in [-0.3, -0.25) is 4.79 Å². The van der Waals surface area contributed by atoms with Crippen molar-refractivity contribution < 1.29 is 29.6 Å². The number of carboxylic acids is 1. The molecule has 4 aromatic rings. The van der Waals surface area contributed by atoms with Crippen LogP contribution in [-0.2, 0) is 11.4 Å². The molecule has 0 aliphatic rings. The summed E-state index contributed by atoms with van der Waals surface area (Å²) in [7, 11) is 0. The van der Waals surface area contributed by atoms with Gasteiger partial charge < -0.3 is 24.8 Å². The molecule has 7 nitrogen and oxygen atoms in total. The molecule has 0 saturated carbocycles. The monoisotopic (exact) mass is 517 g/mol. The molecule has 2 unspecified atom stereocenters. The molecule has 0 aliphatic carbocycles. The van der Waals surface area contributed by atoms with Gasteiger partial charge in [0.15, 0.2) is 0 Å². The number of aliphatic hydroxyl groups excluding tert-OH is 2.